The monoisotopic (exact) mass is 464 g/mol. The predicted molar refractivity (Wildman–Crippen MR) is 124 cm³/mol. The van der Waals surface area contributed by atoms with Crippen LogP contribution >= 0.6 is 0 Å². The molecule has 176 valence electrons. The van der Waals surface area contributed by atoms with E-state index in [1.807, 2.05) is 37.1 Å². The molecule has 2 heterocycles. The van der Waals surface area contributed by atoms with Gasteiger partial charge in [0.25, 0.3) is 5.56 Å². The predicted octanol–water partition coefficient (Wildman–Crippen LogP) is 2.85. The topological polar surface area (TPSA) is 117 Å². The van der Waals surface area contributed by atoms with Crippen LogP contribution in [0.5, 0.6) is 0 Å². The zero-order valence-electron chi connectivity index (χ0n) is 18.9. The number of hydrogen-bond acceptors (Lipinski definition) is 7. The Bertz CT molecular complexity index is 1330. The first-order chi connectivity index (χ1) is 16.4. The van der Waals surface area contributed by atoms with E-state index in [1.165, 1.54) is 12.1 Å². The Hall–Kier alpha value is -3.92. The lowest BCUT2D eigenvalue weighted by Crippen LogP contribution is -2.33. The van der Waals surface area contributed by atoms with Crippen LogP contribution in [0.3, 0.4) is 0 Å². The Kier molecular flexibility index (Phi) is 7.07. The van der Waals surface area contributed by atoms with Crippen LogP contribution in [0.15, 0.2) is 57.8 Å². The van der Waals surface area contributed by atoms with Gasteiger partial charge in [-0.3, -0.25) is 14.5 Å². The quantitative estimate of drug-likeness (QED) is 0.391. The number of aromatic amines is 1. The molecule has 1 unspecified atom stereocenters. The fourth-order valence-corrected chi connectivity index (χ4v) is 3.60. The first-order valence-electron chi connectivity index (χ1n) is 10.9. The number of likely N-dealkylation sites (N-methyl/N-ethyl adjacent to an activating group) is 1. The van der Waals surface area contributed by atoms with Gasteiger partial charge in [-0.15, -0.1) is 0 Å². The second-order valence-electron chi connectivity index (χ2n) is 8.20. The number of benzene rings is 2. The fraction of sp³-hybridized carbons (Fsp3) is 0.292. The van der Waals surface area contributed by atoms with Gasteiger partial charge in [-0.05, 0) is 37.4 Å². The largest absolute Gasteiger partial charge is 0.355 e. The van der Waals surface area contributed by atoms with Crippen LogP contribution in [0.25, 0.3) is 22.2 Å². The van der Waals surface area contributed by atoms with Crippen molar-refractivity contribution in [2.75, 3.05) is 20.1 Å². The van der Waals surface area contributed by atoms with E-state index in [9.17, 15) is 14.0 Å². The molecule has 4 aromatic rings. The molecule has 9 nitrogen and oxygen atoms in total. The van der Waals surface area contributed by atoms with E-state index in [0.717, 1.165) is 11.1 Å². The summed E-state index contributed by atoms with van der Waals surface area (Å²) in [5.74, 6) is -0.0347. The summed E-state index contributed by atoms with van der Waals surface area (Å²) in [6.07, 6.45) is 0.195. The molecular weight excluding hydrogens is 439 g/mol. The maximum atomic E-state index is 13.1. The van der Waals surface area contributed by atoms with Crippen molar-refractivity contribution in [3.05, 3.63) is 76.3 Å². The van der Waals surface area contributed by atoms with E-state index in [2.05, 4.69) is 25.7 Å². The number of fused-ring (bicyclic) bond motifs is 1. The average molecular weight is 465 g/mol. The van der Waals surface area contributed by atoms with E-state index in [-0.39, 0.29) is 29.6 Å². The van der Waals surface area contributed by atoms with Gasteiger partial charge in [0.05, 0.1) is 11.1 Å². The number of amides is 1. The molecule has 10 heteroatoms. The van der Waals surface area contributed by atoms with Crippen molar-refractivity contribution in [3.63, 3.8) is 0 Å². The Morgan fingerprint density at radius 1 is 1.18 bits per heavy atom. The molecule has 0 bridgehead atoms. The lowest BCUT2D eigenvalue weighted by atomic mass is 10.1. The highest BCUT2D eigenvalue weighted by molar-refractivity contribution is 5.83. The van der Waals surface area contributed by atoms with Crippen LogP contribution in [0.2, 0.25) is 0 Å². The highest BCUT2D eigenvalue weighted by atomic mass is 19.1. The van der Waals surface area contributed by atoms with Crippen molar-refractivity contribution in [1.29, 1.82) is 0 Å². The van der Waals surface area contributed by atoms with Crippen molar-refractivity contribution in [2.45, 2.75) is 25.8 Å². The van der Waals surface area contributed by atoms with Gasteiger partial charge in [0.15, 0.2) is 0 Å². The molecular formula is C24H25FN6O3. The Balaban J connectivity index is 1.25. The molecule has 2 aromatic heterocycles. The fourth-order valence-electron chi connectivity index (χ4n) is 3.60. The molecule has 2 N–H and O–H groups in total. The van der Waals surface area contributed by atoms with Crippen LogP contribution in [0.1, 0.15) is 30.8 Å². The summed E-state index contributed by atoms with van der Waals surface area (Å²) in [7, 11) is 1.92. The Morgan fingerprint density at radius 3 is 2.68 bits per heavy atom. The summed E-state index contributed by atoms with van der Waals surface area (Å²) in [5.41, 5.74) is 1.20. The summed E-state index contributed by atoms with van der Waals surface area (Å²) in [6.45, 7) is 3.41. The molecule has 0 aliphatic carbocycles. The number of H-pyrrole nitrogens is 1. The van der Waals surface area contributed by atoms with Gasteiger partial charge in [-0.2, -0.15) is 10.1 Å². The molecule has 0 radical (unpaired) electrons. The van der Waals surface area contributed by atoms with Crippen LogP contribution < -0.4 is 10.9 Å². The summed E-state index contributed by atoms with van der Waals surface area (Å²) in [6, 6.07) is 13.1. The van der Waals surface area contributed by atoms with Gasteiger partial charge in [-0.1, -0.05) is 30.3 Å². The number of carbonyl (C=O) groups is 1. The van der Waals surface area contributed by atoms with Gasteiger partial charge in [0.1, 0.15) is 5.82 Å². The van der Waals surface area contributed by atoms with Gasteiger partial charge in [0, 0.05) is 42.9 Å². The second kappa shape index (κ2) is 10.3. The number of aromatic nitrogens is 4. The van der Waals surface area contributed by atoms with Gasteiger partial charge >= 0.3 is 0 Å². The summed E-state index contributed by atoms with van der Waals surface area (Å²) >= 11 is 0. The highest BCUT2D eigenvalue weighted by Crippen LogP contribution is 2.22. The molecule has 0 fully saturated rings. The van der Waals surface area contributed by atoms with Gasteiger partial charge in [-0.25, -0.2) is 9.49 Å². The third-order valence-corrected chi connectivity index (χ3v) is 5.47. The van der Waals surface area contributed by atoms with Crippen molar-refractivity contribution in [1.82, 2.24) is 30.6 Å². The first kappa shape index (κ1) is 23.2. The molecule has 1 amide bonds. The van der Waals surface area contributed by atoms with E-state index in [4.69, 9.17) is 4.52 Å². The normalized spacial score (nSPS) is 12.2. The van der Waals surface area contributed by atoms with Crippen LogP contribution in [0, 0.1) is 5.82 Å². The van der Waals surface area contributed by atoms with Crippen molar-refractivity contribution < 1.29 is 13.7 Å². The maximum Gasteiger partial charge on any atom is 0.272 e. The standard InChI is InChI=1S/C24H25FN6O3/c1-15(24-27-22(30-34-24)16-7-9-17(25)10-8-16)13-21(32)26-11-12-31(2)14-20-18-5-3-4-6-19(18)23(33)29-28-20/h3-10,15H,11-14H2,1-2H3,(H,26,32)(H,29,33). The number of nitrogens with one attached hydrogen (secondary N) is 2. The lowest BCUT2D eigenvalue weighted by molar-refractivity contribution is -0.121. The highest BCUT2D eigenvalue weighted by Gasteiger charge is 2.18. The SMILES string of the molecule is CC(CC(=O)NCCN(C)Cc1n[nH]c(=O)c2ccccc12)c1nc(-c2ccc(F)cc2)no1. The molecule has 0 aliphatic rings. The molecule has 1 atom stereocenters. The van der Waals surface area contributed by atoms with Crippen molar-refractivity contribution in [3.8, 4) is 11.4 Å². The van der Waals surface area contributed by atoms with Crippen molar-refractivity contribution in [2.24, 2.45) is 0 Å². The molecule has 0 aliphatic heterocycles. The van der Waals surface area contributed by atoms with E-state index < -0.39 is 0 Å². The number of nitrogens with zero attached hydrogens (tertiary/aromatic N) is 4. The number of hydrogen-bond donors (Lipinski definition) is 2. The minimum atomic E-state index is -0.341. The second-order valence-corrected chi connectivity index (χ2v) is 8.20. The van der Waals surface area contributed by atoms with Crippen LogP contribution in [-0.4, -0.2) is 51.3 Å². The van der Waals surface area contributed by atoms with Gasteiger partial charge in [0.2, 0.25) is 17.6 Å². The van der Waals surface area contributed by atoms with Crippen LogP contribution in [-0.2, 0) is 11.3 Å². The number of carbonyl (C=O) groups excluding carboxylic acids is 1. The maximum absolute atomic E-state index is 13.1. The van der Waals surface area contributed by atoms with Crippen molar-refractivity contribution >= 4 is 16.7 Å². The summed E-state index contributed by atoms with van der Waals surface area (Å²) in [4.78, 5) is 30.7. The third kappa shape index (κ3) is 5.52. The molecule has 0 saturated heterocycles. The summed E-state index contributed by atoms with van der Waals surface area (Å²) in [5, 5.41) is 15.0. The zero-order valence-corrected chi connectivity index (χ0v) is 18.9. The minimum Gasteiger partial charge on any atom is -0.355 e. The van der Waals surface area contributed by atoms with Crippen LogP contribution in [0.4, 0.5) is 4.39 Å². The minimum absolute atomic E-state index is 0.130. The van der Waals surface area contributed by atoms with E-state index in [0.29, 0.717) is 42.3 Å². The Labute approximate surface area is 195 Å². The Morgan fingerprint density at radius 2 is 1.91 bits per heavy atom. The lowest BCUT2D eigenvalue weighted by Gasteiger charge is -2.17. The smallest absolute Gasteiger partial charge is 0.272 e. The molecule has 34 heavy (non-hydrogen) atoms. The summed E-state index contributed by atoms with van der Waals surface area (Å²) < 4.78 is 18.4. The first-order valence-corrected chi connectivity index (χ1v) is 10.9. The molecule has 0 saturated carbocycles. The zero-order chi connectivity index (χ0) is 24.1. The number of halogens is 1. The molecule has 4 rings (SSSR count). The van der Waals surface area contributed by atoms with E-state index in [1.54, 1.807) is 18.2 Å². The molecule has 2 aromatic carbocycles. The molecule has 0 spiro atoms. The van der Waals surface area contributed by atoms with Gasteiger partial charge < -0.3 is 9.84 Å². The van der Waals surface area contributed by atoms with E-state index >= 15 is 0 Å². The number of rotatable bonds is 9. The third-order valence-electron chi connectivity index (χ3n) is 5.47. The average Bonchev–Trinajstić information content (AvgIpc) is 3.32.